The Morgan fingerprint density at radius 2 is 1.78 bits per heavy atom. The van der Waals surface area contributed by atoms with Crippen molar-refractivity contribution in [2.75, 3.05) is 0 Å². The van der Waals surface area contributed by atoms with Gasteiger partial charge in [0.2, 0.25) is 0 Å². The maximum atomic E-state index is 13.0. The monoisotopic (exact) mass is 396 g/mol. The van der Waals surface area contributed by atoms with Crippen molar-refractivity contribution in [2.24, 2.45) is 0 Å². The van der Waals surface area contributed by atoms with Crippen LogP contribution >= 0.6 is 11.8 Å². The molecule has 0 amide bonds. The smallest absolute Gasteiger partial charge is 0.390 e. The summed E-state index contributed by atoms with van der Waals surface area (Å²) in [4.78, 5) is 4.26. The van der Waals surface area contributed by atoms with Gasteiger partial charge in [0.05, 0.1) is 24.1 Å². The van der Waals surface area contributed by atoms with Gasteiger partial charge in [-0.3, -0.25) is 0 Å². The van der Waals surface area contributed by atoms with Crippen LogP contribution in [-0.4, -0.2) is 14.7 Å². The first kappa shape index (κ1) is 19.4. The first-order chi connectivity index (χ1) is 12.9. The van der Waals surface area contributed by atoms with E-state index in [2.05, 4.69) is 4.98 Å². The summed E-state index contributed by atoms with van der Waals surface area (Å²) in [5, 5.41) is 10.1. The fourth-order valence-corrected chi connectivity index (χ4v) is 3.51. The third kappa shape index (κ3) is 4.90. The van der Waals surface area contributed by atoms with E-state index < -0.39 is 11.7 Å². The summed E-state index contributed by atoms with van der Waals surface area (Å²) in [6, 6.07) is 11.1. The largest absolute Gasteiger partial charge is 0.416 e. The summed E-state index contributed by atoms with van der Waals surface area (Å²) < 4.78 is 53.4. The van der Waals surface area contributed by atoms with Gasteiger partial charge in [-0.25, -0.2) is 9.37 Å². The fourth-order valence-electron chi connectivity index (χ4n) is 2.56. The van der Waals surface area contributed by atoms with Crippen molar-refractivity contribution < 1.29 is 22.7 Å². The molecule has 0 fully saturated rings. The summed E-state index contributed by atoms with van der Waals surface area (Å²) in [6.45, 7) is -0.116. The predicted molar refractivity (Wildman–Crippen MR) is 94.7 cm³/mol. The normalized spacial score (nSPS) is 11.7. The van der Waals surface area contributed by atoms with E-state index in [-0.39, 0.29) is 19.0 Å². The van der Waals surface area contributed by atoms with E-state index in [1.165, 1.54) is 36.2 Å². The van der Waals surface area contributed by atoms with E-state index in [0.29, 0.717) is 22.2 Å². The lowest BCUT2D eigenvalue weighted by Gasteiger charge is -2.13. The second-order valence-electron chi connectivity index (χ2n) is 5.89. The summed E-state index contributed by atoms with van der Waals surface area (Å²) >= 11 is 1.37. The van der Waals surface area contributed by atoms with Crippen LogP contribution in [0.15, 0.2) is 59.9 Å². The van der Waals surface area contributed by atoms with Gasteiger partial charge in [-0.15, -0.1) is 0 Å². The third-order valence-electron chi connectivity index (χ3n) is 3.94. The molecule has 1 N–H and O–H groups in total. The second-order valence-corrected chi connectivity index (χ2v) is 6.83. The number of hydrogen-bond acceptors (Lipinski definition) is 3. The molecule has 1 heterocycles. The van der Waals surface area contributed by atoms with Crippen molar-refractivity contribution in [1.82, 2.24) is 9.55 Å². The number of imidazole rings is 1. The fraction of sp³-hybridized carbons (Fsp3) is 0.211. The van der Waals surface area contributed by atoms with Crippen LogP contribution in [0.4, 0.5) is 17.6 Å². The van der Waals surface area contributed by atoms with E-state index in [9.17, 15) is 22.7 Å². The van der Waals surface area contributed by atoms with Crippen molar-refractivity contribution in [3.8, 4) is 0 Å². The molecular formula is C19H16F4N2OS. The molecule has 3 aromatic rings. The maximum Gasteiger partial charge on any atom is 0.416 e. The van der Waals surface area contributed by atoms with Gasteiger partial charge in [0.15, 0.2) is 5.16 Å². The van der Waals surface area contributed by atoms with E-state index in [0.717, 1.165) is 17.7 Å². The number of thioether (sulfide) groups is 1. The maximum absolute atomic E-state index is 13.0. The number of alkyl halides is 3. The van der Waals surface area contributed by atoms with Crippen LogP contribution in [-0.2, 0) is 25.1 Å². The molecule has 3 rings (SSSR count). The van der Waals surface area contributed by atoms with E-state index in [1.54, 1.807) is 22.8 Å². The minimum Gasteiger partial charge on any atom is -0.390 e. The molecule has 2 aromatic carbocycles. The Morgan fingerprint density at radius 3 is 2.44 bits per heavy atom. The zero-order chi connectivity index (χ0) is 19.4. The Bertz CT molecular complexity index is 907. The van der Waals surface area contributed by atoms with Gasteiger partial charge in [-0.05, 0) is 35.4 Å². The van der Waals surface area contributed by atoms with Crippen LogP contribution in [0, 0.1) is 5.82 Å². The molecule has 0 saturated carbocycles. The molecule has 0 spiro atoms. The molecule has 27 heavy (non-hydrogen) atoms. The van der Waals surface area contributed by atoms with Crippen LogP contribution in [0.3, 0.4) is 0 Å². The molecule has 0 aliphatic rings. The number of rotatable bonds is 6. The summed E-state index contributed by atoms with van der Waals surface area (Å²) in [7, 11) is 0. The number of aliphatic hydroxyl groups is 1. The molecular weight excluding hydrogens is 380 g/mol. The quantitative estimate of drug-likeness (QED) is 0.477. The molecule has 0 aliphatic carbocycles. The number of halogens is 4. The first-order valence-corrected chi connectivity index (χ1v) is 9.04. The van der Waals surface area contributed by atoms with Crippen molar-refractivity contribution in [3.05, 3.63) is 82.9 Å². The highest BCUT2D eigenvalue weighted by atomic mass is 32.2. The minimum absolute atomic E-state index is 0.158. The number of aromatic nitrogens is 2. The molecule has 0 radical (unpaired) electrons. The lowest BCUT2D eigenvalue weighted by Crippen LogP contribution is -2.09. The SMILES string of the molecule is OCc1cnc(SCc2ccc(F)cc2)n1Cc1cccc(C(F)(F)F)c1. The highest BCUT2D eigenvalue weighted by molar-refractivity contribution is 7.98. The highest BCUT2D eigenvalue weighted by Crippen LogP contribution is 2.30. The Balaban J connectivity index is 1.80. The van der Waals surface area contributed by atoms with Gasteiger partial charge in [0, 0.05) is 12.3 Å². The van der Waals surface area contributed by atoms with Crippen LogP contribution in [0.25, 0.3) is 0 Å². The van der Waals surface area contributed by atoms with Gasteiger partial charge in [0.1, 0.15) is 5.82 Å². The molecule has 142 valence electrons. The number of aliphatic hydroxyl groups excluding tert-OH is 1. The van der Waals surface area contributed by atoms with Crippen LogP contribution in [0.2, 0.25) is 0 Å². The molecule has 0 bridgehead atoms. The summed E-state index contributed by atoms with van der Waals surface area (Å²) in [5.74, 6) is 0.197. The number of nitrogens with zero attached hydrogens (tertiary/aromatic N) is 2. The van der Waals surface area contributed by atoms with Gasteiger partial charge >= 0.3 is 6.18 Å². The van der Waals surface area contributed by atoms with Crippen molar-refractivity contribution in [3.63, 3.8) is 0 Å². The second kappa shape index (κ2) is 8.14. The third-order valence-corrected chi connectivity index (χ3v) is 5.00. The molecule has 0 aliphatic heterocycles. The highest BCUT2D eigenvalue weighted by Gasteiger charge is 2.30. The first-order valence-electron chi connectivity index (χ1n) is 8.05. The molecule has 0 saturated heterocycles. The zero-order valence-electron chi connectivity index (χ0n) is 14.1. The molecule has 8 heteroatoms. The van der Waals surface area contributed by atoms with Gasteiger partial charge < -0.3 is 9.67 Å². The number of hydrogen-bond donors (Lipinski definition) is 1. The van der Waals surface area contributed by atoms with Crippen molar-refractivity contribution in [1.29, 1.82) is 0 Å². The zero-order valence-corrected chi connectivity index (χ0v) is 14.9. The topological polar surface area (TPSA) is 38.1 Å². The van der Waals surface area contributed by atoms with E-state index >= 15 is 0 Å². The molecule has 0 atom stereocenters. The Hall–Kier alpha value is -2.32. The predicted octanol–water partition coefficient (Wildman–Crippen LogP) is 4.87. The standard InChI is InChI=1S/C19H16F4N2OS/c20-16-6-4-13(5-7-16)12-27-18-24-9-17(11-26)25(18)10-14-2-1-3-15(8-14)19(21,22)23/h1-9,26H,10-12H2. The Labute approximate surface area is 157 Å². The lowest BCUT2D eigenvalue weighted by atomic mass is 10.1. The summed E-state index contributed by atoms with van der Waals surface area (Å²) in [5.41, 5.74) is 1.14. The Kier molecular flexibility index (Phi) is 5.86. The molecule has 0 unspecified atom stereocenters. The summed E-state index contributed by atoms with van der Waals surface area (Å²) in [6.07, 6.45) is -2.91. The average Bonchev–Trinajstić information content (AvgIpc) is 3.02. The molecule has 1 aromatic heterocycles. The average molecular weight is 396 g/mol. The van der Waals surface area contributed by atoms with E-state index in [4.69, 9.17) is 0 Å². The van der Waals surface area contributed by atoms with Crippen LogP contribution in [0.1, 0.15) is 22.4 Å². The van der Waals surface area contributed by atoms with Gasteiger partial charge in [0.25, 0.3) is 0 Å². The van der Waals surface area contributed by atoms with Crippen molar-refractivity contribution >= 4 is 11.8 Å². The van der Waals surface area contributed by atoms with Gasteiger partial charge in [-0.2, -0.15) is 13.2 Å². The molecule has 3 nitrogen and oxygen atoms in total. The van der Waals surface area contributed by atoms with E-state index in [1.807, 2.05) is 0 Å². The van der Waals surface area contributed by atoms with Crippen molar-refractivity contribution in [2.45, 2.75) is 30.2 Å². The minimum atomic E-state index is -4.41. The number of benzene rings is 2. The lowest BCUT2D eigenvalue weighted by molar-refractivity contribution is -0.137. The van der Waals surface area contributed by atoms with Crippen LogP contribution in [0.5, 0.6) is 0 Å². The van der Waals surface area contributed by atoms with Gasteiger partial charge in [-0.1, -0.05) is 36.0 Å². The van der Waals surface area contributed by atoms with Crippen LogP contribution < -0.4 is 0 Å². The Morgan fingerprint density at radius 1 is 1.04 bits per heavy atom.